The summed E-state index contributed by atoms with van der Waals surface area (Å²) in [6.45, 7) is 6.55. The molecule has 6 nitrogen and oxygen atoms in total. The van der Waals surface area contributed by atoms with E-state index in [4.69, 9.17) is 14.2 Å². The van der Waals surface area contributed by atoms with Gasteiger partial charge in [-0.15, -0.1) is 0 Å². The summed E-state index contributed by atoms with van der Waals surface area (Å²) in [5.74, 6) is -0.887. The minimum atomic E-state index is -0.784. The molecule has 0 aliphatic carbocycles. The lowest BCUT2D eigenvalue weighted by atomic mass is 10.0. The number of hydrogen-bond acceptors (Lipinski definition) is 6. The average molecular weight is 1060 g/mol. The third kappa shape index (κ3) is 61.7. The van der Waals surface area contributed by atoms with Crippen LogP contribution in [-0.2, 0) is 28.6 Å². The molecule has 0 radical (unpaired) electrons. The van der Waals surface area contributed by atoms with Gasteiger partial charge in [-0.05, 0) is 70.6 Å². The Bertz CT molecular complexity index is 1400. The molecule has 0 aliphatic heterocycles. The van der Waals surface area contributed by atoms with Crippen molar-refractivity contribution in [3.8, 4) is 0 Å². The molecule has 0 amide bonds. The fraction of sp³-hybridized carbons (Fsp3) is 0.786. The smallest absolute Gasteiger partial charge is 0.306 e. The third-order valence-corrected chi connectivity index (χ3v) is 14.5. The molecule has 0 rings (SSSR count). The van der Waals surface area contributed by atoms with E-state index in [1.165, 1.54) is 186 Å². The van der Waals surface area contributed by atoms with Gasteiger partial charge in [0.05, 0.1) is 0 Å². The van der Waals surface area contributed by atoms with Crippen molar-refractivity contribution >= 4 is 17.9 Å². The Balaban J connectivity index is 4.32. The standard InChI is InChI=1S/C70H124O6/c1-4-7-10-13-16-19-22-25-27-29-31-33-35-37-39-41-43-45-48-51-54-57-60-63-69(72)75-66-67(65-74-68(71)62-59-56-53-50-47-24-21-18-15-12-9-6-3)76-70(73)64-61-58-55-52-49-46-44-42-40-38-36-34-32-30-28-26-23-20-17-14-11-8-5-2/h7,10,16,19,25,27,31,33,37,39,43,45,67H,4-6,8-9,11-15,17-18,20-24,26,28-30,32,34-36,38,40-42,44,46-66H2,1-3H3/b10-7-,19-16-,27-25-,33-31-,39-37-,45-43-. The van der Waals surface area contributed by atoms with Gasteiger partial charge in [-0.2, -0.15) is 0 Å². The van der Waals surface area contributed by atoms with Crippen LogP contribution >= 0.6 is 0 Å². The predicted octanol–water partition coefficient (Wildman–Crippen LogP) is 22.5. The van der Waals surface area contributed by atoms with Crippen LogP contribution in [0.25, 0.3) is 0 Å². The van der Waals surface area contributed by atoms with Crippen molar-refractivity contribution in [3.63, 3.8) is 0 Å². The molecule has 1 atom stereocenters. The van der Waals surface area contributed by atoms with Crippen LogP contribution in [0, 0.1) is 0 Å². The summed E-state index contributed by atoms with van der Waals surface area (Å²) in [7, 11) is 0. The van der Waals surface area contributed by atoms with Gasteiger partial charge in [-0.3, -0.25) is 14.4 Å². The number of allylic oxidation sites excluding steroid dienone is 12. The minimum Gasteiger partial charge on any atom is -0.462 e. The van der Waals surface area contributed by atoms with E-state index in [1.54, 1.807) is 0 Å². The number of rotatable bonds is 60. The Hall–Kier alpha value is -3.15. The fourth-order valence-corrected chi connectivity index (χ4v) is 9.57. The molecule has 0 aromatic rings. The Morgan fingerprint density at radius 2 is 0.513 bits per heavy atom. The van der Waals surface area contributed by atoms with Crippen LogP contribution in [0.3, 0.4) is 0 Å². The van der Waals surface area contributed by atoms with E-state index in [0.29, 0.717) is 19.3 Å². The fourth-order valence-electron chi connectivity index (χ4n) is 9.57. The van der Waals surface area contributed by atoms with Gasteiger partial charge in [-0.25, -0.2) is 0 Å². The molecular formula is C70H124O6. The Morgan fingerprint density at radius 1 is 0.276 bits per heavy atom. The summed E-state index contributed by atoms with van der Waals surface area (Å²) in [5, 5.41) is 0. The van der Waals surface area contributed by atoms with E-state index in [2.05, 4.69) is 93.7 Å². The van der Waals surface area contributed by atoms with Crippen LogP contribution < -0.4 is 0 Å². The summed E-state index contributed by atoms with van der Waals surface area (Å²) < 4.78 is 16.9. The zero-order valence-corrected chi connectivity index (χ0v) is 50.5. The quantitative estimate of drug-likeness (QED) is 0.0261. The zero-order chi connectivity index (χ0) is 55.0. The summed E-state index contributed by atoms with van der Waals surface area (Å²) in [4.78, 5) is 38.3. The molecule has 6 heteroatoms. The number of esters is 3. The van der Waals surface area contributed by atoms with Crippen LogP contribution in [0.15, 0.2) is 72.9 Å². The highest BCUT2D eigenvalue weighted by Gasteiger charge is 2.19. The highest BCUT2D eigenvalue weighted by atomic mass is 16.6. The van der Waals surface area contributed by atoms with Crippen molar-refractivity contribution in [1.29, 1.82) is 0 Å². The zero-order valence-electron chi connectivity index (χ0n) is 50.5. The minimum absolute atomic E-state index is 0.0793. The molecule has 0 aliphatic rings. The van der Waals surface area contributed by atoms with Gasteiger partial charge >= 0.3 is 17.9 Å². The lowest BCUT2D eigenvalue weighted by Crippen LogP contribution is -2.30. The number of ether oxygens (including phenoxy) is 3. The van der Waals surface area contributed by atoms with Crippen molar-refractivity contribution in [2.75, 3.05) is 13.2 Å². The Morgan fingerprint density at radius 3 is 0.803 bits per heavy atom. The molecule has 0 heterocycles. The first-order valence-corrected chi connectivity index (χ1v) is 32.9. The lowest BCUT2D eigenvalue weighted by molar-refractivity contribution is -0.167. The first-order valence-electron chi connectivity index (χ1n) is 32.9. The van der Waals surface area contributed by atoms with Crippen LogP contribution in [0.1, 0.15) is 335 Å². The van der Waals surface area contributed by atoms with Crippen molar-refractivity contribution in [2.24, 2.45) is 0 Å². The van der Waals surface area contributed by atoms with E-state index in [0.717, 1.165) is 109 Å². The van der Waals surface area contributed by atoms with Crippen LogP contribution in [-0.4, -0.2) is 37.2 Å². The number of carbonyl (C=O) groups excluding carboxylic acids is 3. The maximum absolute atomic E-state index is 12.9. The molecule has 76 heavy (non-hydrogen) atoms. The van der Waals surface area contributed by atoms with Gasteiger partial charge in [0.15, 0.2) is 6.10 Å². The normalized spacial score (nSPS) is 12.5. The van der Waals surface area contributed by atoms with Crippen molar-refractivity contribution in [2.45, 2.75) is 341 Å². The molecule has 0 saturated heterocycles. The van der Waals surface area contributed by atoms with Gasteiger partial charge in [0.1, 0.15) is 13.2 Å². The Kier molecular flexibility index (Phi) is 61.7. The van der Waals surface area contributed by atoms with Crippen LogP contribution in [0.2, 0.25) is 0 Å². The number of unbranched alkanes of at least 4 members (excludes halogenated alkanes) is 37. The second kappa shape index (κ2) is 64.4. The maximum Gasteiger partial charge on any atom is 0.306 e. The summed E-state index contributed by atoms with van der Waals surface area (Å²) in [5.41, 5.74) is 0. The third-order valence-electron chi connectivity index (χ3n) is 14.5. The van der Waals surface area contributed by atoms with Gasteiger partial charge in [0, 0.05) is 19.3 Å². The highest BCUT2D eigenvalue weighted by Crippen LogP contribution is 2.18. The SMILES string of the molecule is CC/C=C\C/C=C\C/C=C\C/C=C\C/C=C\C/C=C\CCCCCCC(=O)OCC(COC(=O)CCCCCCCCCCCCCC)OC(=O)CCCCCCCCCCCCCCCCCCCCCCCCC. The number of hydrogen-bond donors (Lipinski definition) is 0. The van der Waals surface area contributed by atoms with Gasteiger partial charge in [0.2, 0.25) is 0 Å². The van der Waals surface area contributed by atoms with Crippen molar-refractivity contribution < 1.29 is 28.6 Å². The van der Waals surface area contributed by atoms with E-state index in [9.17, 15) is 14.4 Å². The number of carbonyl (C=O) groups is 3. The summed E-state index contributed by atoms with van der Waals surface area (Å²) in [6, 6.07) is 0. The largest absolute Gasteiger partial charge is 0.462 e. The molecule has 440 valence electrons. The van der Waals surface area contributed by atoms with E-state index in [-0.39, 0.29) is 31.1 Å². The van der Waals surface area contributed by atoms with Crippen LogP contribution in [0.5, 0.6) is 0 Å². The maximum atomic E-state index is 12.9. The second-order valence-electron chi connectivity index (χ2n) is 22.0. The first kappa shape index (κ1) is 72.8. The first-order chi connectivity index (χ1) is 37.5. The predicted molar refractivity (Wildman–Crippen MR) is 330 cm³/mol. The monoisotopic (exact) mass is 1060 g/mol. The summed E-state index contributed by atoms with van der Waals surface area (Å²) >= 11 is 0. The average Bonchev–Trinajstić information content (AvgIpc) is 3.42. The van der Waals surface area contributed by atoms with Gasteiger partial charge < -0.3 is 14.2 Å². The second-order valence-corrected chi connectivity index (χ2v) is 22.0. The molecule has 0 bridgehead atoms. The highest BCUT2D eigenvalue weighted by molar-refractivity contribution is 5.71. The molecule has 0 aromatic carbocycles. The molecule has 0 spiro atoms. The summed E-state index contributed by atoms with van der Waals surface area (Å²) in [6.07, 6.45) is 83.4. The van der Waals surface area contributed by atoms with E-state index < -0.39 is 6.10 Å². The molecule has 0 N–H and O–H groups in total. The van der Waals surface area contributed by atoms with Crippen LogP contribution in [0.4, 0.5) is 0 Å². The van der Waals surface area contributed by atoms with E-state index >= 15 is 0 Å². The molecule has 0 aromatic heterocycles. The lowest BCUT2D eigenvalue weighted by Gasteiger charge is -2.18. The van der Waals surface area contributed by atoms with Crippen molar-refractivity contribution in [1.82, 2.24) is 0 Å². The molecule has 0 fully saturated rings. The molecule has 1 unspecified atom stereocenters. The van der Waals surface area contributed by atoms with E-state index in [1.807, 2.05) is 0 Å². The Labute approximate surface area is 472 Å². The van der Waals surface area contributed by atoms with Crippen molar-refractivity contribution in [3.05, 3.63) is 72.9 Å². The molecule has 0 saturated carbocycles. The van der Waals surface area contributed by atoms with Gasteiger partial charge in [0.25, 0.3) is 0 Å². The molecular weight excluding hydrogens is 937 g/mol. The topological polar surface area (TPSA) is 78.9 Å². The van der Waals surface area contributed by atoms with Gasteiger partial charge in [-0.1, -0.05) is 318 Å².